The minimum atomic E-state index is -0.753. The van der Waals surface area contributed by atoms with Crippen molar-refractivity contribution >= 4 is 29.2 Å². The summed E-state index contributed by atoms with van der Waals surface area (Å²) in [6.45, 7) is 2.63. The minimum Gasteiger partial charge on any atom is -0.459 e. The molecule has 0 radical (unpaired) electrons. The van der Waals surface area contributed by atoms with Gasteiger partial charge in [0.2, 0.25) is 0 Å². The summed E-state index contributed by atoms with van der Waals surface area (Å²) >= 11 is 0. The van der Waals surface area contributed by atoms with Gasteiger partial charge in [-0.25, -0.2) is 0 Å². The van der Waals surface area contributed by atoms with Gasteiger partial charge in [0.1, 0.15) is 0 Å². The summed E-state index contributed by atoms with van der Waals surface area (Å²) in [6.07, 6.45) is 1.43. The third-order valence-electron chi connectivity index (χ3n) is 4.33. The highest BCUT2D eigenvalue weighted by molar-refractivity contribution is 6.39. The molecule has 27 heavy (non-hydrogen) atoms. The third-order valence-corrected chi connectivity index (χ3v) is 4.33. The van der Waals surface area contributed by atoms with Crippen molar-refractivity contribution in [1.82, 2.24) is 9.80 Å². The zero-order valence-corrected chi connectivity index (χ0v) is 14.8. The highest BCUT2D eigenvalue weighted by Gasteiger charge is 2.29. The van der Waals surface area contributed by atoms with Crippen LogP contribution in [-0.4, -0.2) is 59.5 Å². The fourth-order valence-corrected chi connectivity index (χ4v) is 2.79. The molecule has 1 fully saturated rings. The number of hydrogen-bond donors (Lipinski definition) is 1. The van der Waals surface area contributed by atoms with E-state index >= 15 is 0 Å². The first kappa shape index (κ1) is 18.4. The summed E-state index contributed by atoms with van der Waals surface area (Å²) < 4.78 is 5.09. The van der Waals surface area contributed by atoms with Crippen LogP contribution in [0.4, 0.5) is 5.69 Å². The van der Waals surface area contributed by atoms with Gasteiger partial charge in [-0.2, -0.15) is 0 Å². The molecule has 3 amide bonds. The first-order chi connectivity index (χ1) is 13.0. The number of nitrogens with one attached hydrogen (secondary N) is 1. The van der Waals surface area contributed by atoms with Crippen molar-refractivity contribution < 1.29 is 23.6 Å². The number of carbonyl (C=O) groups is 4. The first-order valence-corrected chi connectivity index (χ1v) is 8.50. The Morgan fingerprint density at radius 2 is 1.56 bits per heavy atom. The van der Waals surface area contributed by atoms with E-state index < -0.39 is 11.8 Å². The number of benzene rings is 1. The van der Waals surface area contributed by atoms with Crippen molar-refractivity contribution in [2.45, 2.75) is 6.92 Å². The second-order valence-corrected chi connectivity index (χ2v) is 6.15. The predicted molar refractivity (Wildman–Crippen MR) is 96.3 cm³/mol. The number of hydrogen-bond acceptors (Lipinski definition) is 5. The standard InChI is InChI=1S/C19H19N3O5/c1-13(23)14-4-6-15(7-5-14)20-17(24)19(26)22-10-8-21(9-11-22)18(25)16-3-2-12-27-16/h2-7,12H,8-11H2,1H3,(H,20,24). The van der Waals surface area contributed by atoms with Crippen LogP contribution in [0.2, 0.25) is 0 Å². The molecule has 1 aromatic heterocycles. The maximum Gasteiger partial charge on any atom is 0.313 e. The molecule has 2 aromatic rings. The Morgan fingerprint density at radius 3 is 2.11 bits per heavy atom. The van der Waals surface area contributed by atoms with Gasteiger partial charge in [-0.1, -0.05) is 0 Å². The molecule has 1 saturated heterocycles. The lowest BCUT2D eigenvalue weighted by Gasteiger charge is -2.33. The number of carbonyl (C=O) groups excluding carboxylic acids is 4. The van der Waals surface area contributed by atoms with Gasteiger partial charge in [0.25, 0.3) is 5.91 Å². The van der Waals surface area contributed by atoms with Crippen LogP contribution in [0, 0.1) is 0 Å². The van der Waals surface area contributed by atoms with Gasteiger partial charge in [0.05, 0.1) is 6.26 Å². The molecule has 2 heterocycles. The second-order valence-electron chi connectivity index (χ2n) is 6.15. The Kier molecular flexibility index (Phi) is 5.35. The van der Waals surface area contributed by atoms with Crippen molar-refractivity contribution in [2.24, 2.45) is 0 Å². The number of rotatable bonds is 3. The summed E-state index contributed by atoms with van der Waals surface area (Å²) in [5.74, 6) is -1.47. The number of amides is 3. The number of Topliss-reactive ketones (excluding diaryl/α,β-unsaturated/α-hetero) is 1. The molecule has 0 unspecified atom stereocenters. The lowest BCUT2D eigenvalue weighted by Crippen LogP contribution is -2.52. The average Bonchev–Trinajstić information content (AvgIpc) is 3.22. The van der Waals surface area contributed by atoms with Crippen molar-refractivity contribution in [3.8, 4) is 0 Å². The highest BCUT2D eigenvalue weighted by Crippen LogP contribution is 2.12. The molecular weight excluding hydrogens is 350 g/mol. The fraction of sp³-hybridized carbons (Fsp3) is 0.263. The Hall–Kier alpha value is -3.42. The molecule has 3 rings (SSSR count). The van der Waals surface area contributed by atoms with Gasteiger partial charge in [-0.3, -0.25) is 19.2 Å². The van der Waals surface area contributed by atoms with E-state index in [2.05, 4.69) is 5.32 Å². The Balaban J connectivity index is 1.53. The molecule has 0 atom stereocenters. The van der Waals surface area contributed by atoms with Gasteiger partial charge in [0.15, 0.2) is 11.5 Å². The van der Waals surface area contributed by atoms with Crippen LogP contribution in [0.5, 0.6) is 0 Å². The quantitative estimate of drug-likeness (QED) is 0.651. The monoisotopic (exact) mass is 369 g/mol. The number of furan rings is 1. The number of nitrogens with zero attached hydrogens (tertiary/aromatic N) is 2. The largest absolute Gasteiger partial charge is 0.459 e. The molecule has 1 N–H and O–H groups in total. The van der Waals surface area contributed by atoms with E-state index in [1.54, 1.807) is 41.3 Å². The zero-order chi connectivity index (χ0) is 19.4. The minimum absolute atomic E-state index is 0.0779. The van der Waals surface area contributed by atoms with E-state index in [1.807, 2.05) is 0 Å². The second kappa shape index (κ2) is 7.86. The van der Waals surface area contributed by atoms with Crippen molar-refractivity contribution in [3.05, 3.63) is 54.0 Å². The molecule has 1 aliphatic rings. The summed E-state index contributed by atoms with van der Waals surface area (Å²) in [7, 11) is 0. The van der Waals surface area contributed by atoms with Crippen LogP contribution in [0.1, 0.15) is 27.8 Å². The molecule has 1 aromatic carbocycles. The van der Waals surface area contributed by atoms with Crippen LogP contribution >= 0.6 is 0 Å². The molecule has 0 spiro atoms. The first-order valence-electron chi connectivity index (χ1n) is 8.50. The number of piperazine rings is 1. The summed E-state index contributed by atoms with van der Waals surface area (Å²) in [5.41, 5.74) is 0.960. The highest BCUT2D eigenvalue weighted by atomic mass is 16.3. The maximum atomic E-state index is 12.3. The number of ketones is 1. The molecular formula is C19H19N3O5. The SMILES string of the molecule is CC(=O)c1ccc(NC(=O)C(=O)N2CCN(C(=O)c3ccco3)CC2)cc1. The summed E-state index contributed by atoms with van der Waals surface area (Å²) in [6, 6.07) is 9.54. The molecule has 0 saturated carbocycles. The van der Waals surface area contributed by atoms with Crippen molar-refractivity contribution in [2.75, 3.05) is 31.5 Å². The van der Waals surface area contributed by atoms with E-state index in [1.165, 1.54) is 18.1 Å². The summed E-state index contributed by atoms with van der Waals surface area (Å²) in [4.78, 5) is 51.0. The van der Waals surface area contributed by atoms with Crippen LogP contribution in [0.15, 0.2) is 47.1 Å². The Bertz CT molecular complexity index is 850. The summed E-state index contributed by atoms with van der Waals surface area (Å²) in [5, 5.41) is 2.52. The van der Waals surface area contributed by atoms with Crippen LogP contribution in [-0.2, 0) is 9.59 Å². The maximum absolute atomic E-state index is 12.3. The van der Waals surface area contributed by atoms with Crippen molar-refractivity contribution in [3.63, 3.8) is 0 Å². The molecule has 0 bridgehead atoms. The van der Waals surface area contributed by atoms with E-state index in [-0.39, 0.29) is 30.5 Å². The van der Waals surface area contributed by atoms with Gasteiger partial charge in [-0.05, 0) is 43.3 Å². The van der Waals surface area contributed by atoms with Crippen molar-refractivity contribution in [1.29, 1.82) is 0 Å². The lowest BCUT2D eigenvalue weighted by molar-refractivity contribution is -0.144. The van der Waals surface area contributed by atoms with E-state index in [0.717, 1.165) is 0 Å². The van der Waals surface area contributed by atoms with Gasteiger partial charge in [-0.15, -0.1) is 0 Å². The number of anilines is 1. The Morgan fingerprint density at radius 1 is 0.926 bits per heavy atom. The molecule has 8 nitrogen and oxygen atoms in total. The van der Waals surface area contributed by atoms with E-state index in [9.17, 15) is 19.2 Å². The molecule has 140 valence electrons. The van der Waals surface area contributed by atoms with Gasteiger partial charge < -0.3 is 19.5 Å². The van der Waals surface area contributed by atoms with Crippen LogP contribution < -0.4 is 5.32 Å². The van der Waals surface area contributed by atoms with Gasteiger partial charge in [0, 0.05) is 37.4 Å². The smallest absolute Gasteiger partial charge is 0.313 e. The third kappa shape index (κ3) is 4.22. The average molecular weight is 369 g/mol. The molecule has 0 aliphatic carbocycles. The van der Waals surface area contributed by atoms with E-state index in [4.69, 9.17) is 4.42 Å². The lowest BCUT2D eigenvalue weighted by atomic mass is 10.1. The van der Waals surface area contributed by atoms with E-state index in [0.29, 0.717) is 24.3 Å². The molecule has 1 aliphatic heterocycles. The van der Waals surface area contributed by atoms with Crippen LogP contribution in [0.3, 0.4) is 0 Å². The normalized spacial score (nSPS) is 14.0. The molecule has 8 heteroatoms. The van der Waals surface area contributed by atoms with Crippen LogP contribution in [0.25, 0.3) is 0 Å². The predicted octanol–water partition coefficient (Wildman–Crippen LogP) is 1.41. The topological polar surface area (TPSA) is 99.9 Å². The van der Waals surface area contributed by atoms with Gasteiger partial charge >= 0.3 is 11.8 Å². The zero-order valence-electron chi connectivity index (χ0n) is 14.8. The fourth-order valence-electron chi connectivity index (χ4n) is 2.79. The Labute approximate surface area is 155 Å².